The molecule has 146 valence electrons. The van der Waals surface area contributed by atoms with E-state index in [1.807, 2.05) is 50.2 Å². The SMILES string of the molecule is CC1(C)O[C@H](COCc2ccccc2)CC[C@@H](COCc2ccccc2)O1. The quantitative estimate of drug-likeness (QED) is 0.674. The van der Waals surface area contributed by atoms with Gasteiger partial charge in [-0.2, -0.15) is 0 Å². The van der Waals surface area contributed by atoms with Gasteiger partial charge in [0.25, 0.3) is 0 Å². The van der Waals surface area contributed by atoms with Crippen molar-refractivity contribution in [3.63, 3.8) is 0 Å². The highest BCUT2D eigenvalue weighted by molar-refractivity contribution is 5.14. The van der Waals surface area contributed by atoms with Gasteiger partial charge in [0.2, 0.25) is 0 Å². The highest BCUT2D eigenvalue weighted by atomic mass is 16.7. The molecule has 4 nitrogen and oxygen atoms in total. The smallest absolute Gasteiger partial charge is 0.163 e. The molecule has 2 aromatic rings. The predicted molar refractivity (Wildman–Crippen MR) is 105 cm³/mol. The monoisotopic (exact) mass is 370 g/mol. The number of hydrogen-bond donors (Lipinski definition) is 0. The molecule has 0 saturated carbocycles. The van der Waals surface area contributed by atoms with E-state index in [2.05, 4.69) is 24.3 Å². The lowest BCUT2D eigenvalue weighted by Gasteiger charge is -2.29. The van der Waals surface area contributed by atoms with Crippen molar-refractivity contribution in [2.75, 3.05) is 13.2 Å². The van der Waals surface area contributed by atoms with Gasteiger partial charge in [-0.05, 0) is 37.8 Å². The lowest BCUT2D eigenvalue weighted by atomic mass is 10.1. The summed E-state index contributed by atoms with van der Waals surface area (Å²) in [5.74, 6) is -0.641. The predicted octanol–water partition coefficient (Wildman–Crippen LogP) is 4.72. The van der Waals surface area contributed by atoms with Gasteiger partial charge in [0.05, 0.1) is 38.6 Å². The molecule has 1 saturated heterocycles. The molecule has 1 heterocycles. The van der Waals surface area contributed by atoms with Crippen LogP contribution in [0.1, 0.15) is 37.8 Å². The van der Waals surface area contributed by atoms with E-state index in [4.69, 9.17) is 18.9 Å². The van der Waals surface area contributed by atoms with Crippen LogP contribution in [0.3, 0.4) is 0 Å². The van der Waals surface area contributed by atoms with Gasteiger partial charge < -0.3 is 18.9 Å². The molecule has 1 fully saturated rings. The minimum atomic E-state index is -0.641. The first-order valence-electron chi connectivity index (χ1n) is 9.70. The van der Waals surface area contributed by atoms with Crippen LogP contribution in [0, 0.1) is 0 Å². The summed E-state index contributed by atoms with van der Waals surface area (Å²) in [6.45, 7) is 6.27. The Labute approximate surface area is 162 Å². The van der Waals surface area contributed by atoms with Crippen molar-refractivity contribution in [2.24, 2.45) is 0 Å². The van der Waals surface area contributed by atoms with Crippen molar-refractivity contribution in [3.8, 4) is 0 Å². The van der Waals surface area contributed by atoms with Crippen molar-refractivity contribution in [2.45, 2.75) is 57.9 Å². The summed E-state index contributed by atoms with van der Waals surface area (Å²) in [6.07, 6.45) is 1.86. The standard InChI is InChI=1S/C23H30O4/c1-23(2)26-21(17-24-15-19-9-5-3-6-10-19)13-14-22(27-23)18-25-16-20-11-7-4-8-12-20/h3-12,21-22H,13-18H2,1-2H3/t21-,22-/m0/s1. The first-order chi connectivity index (χ1) is 13.1. The molecule has 0 aromatic heterocycles. The minimum Gasteiger partial charge on any atom is -0.374 e. The van der Waals surface area contributed by atoms with E-state index in [9.17, 15) is 0 Å². The van der Waals surface area contributed by atoms with Crippen LogP contribution >= 0.6 is 0 Å². The number of rotatable bonds is 8. The first kappa shape index (κ1) is 20.0. The summed E-state index contributed by atoms with van der Waals surface area (Å²) in [6, 6.07) is 20.4. The molecule has 1 aliphatic heterocycles. The van der Waals surface area contributed by atoms with Crippen molar-refractivity contribution in [3.05, 3.63) is 71.8 Å². The molecule has 0 aliphatic carbocycles. The molecule has 2 aromatic carbocycles. The second-order valence-electron chi connectivity index (χ2n) is 7.46. The molecule has 0 bridgehead atoms. The zero-order valence-corrected chi connectivity index (χ0v) is 16.3. The highest BCUT2D eigenvalue weighted by Crippen LogP contribution is 2.26. The lowest BCUT2D eigenvalue weighted by molar-refractivity contribution is -0.253. The van der Waals surface area contributed by atoms with Crippen molar-refractivity contribution in [1.82, 2.24) is 0 Å². The molecule has 4 heteroatoms. The van der Waals surface area contributed by atoms with Gasteiger partial charge >= 0.3 is 0 Å². The van der Waals surface area contributed by atoms with Crippen molar-refractivity contribution in [1.29, 1.82) is 0 Å². The third-order valence-electron chi connectivity index (χ3n) is 4.54. The van der Waals surface area contributed by atoms with Crippen LogP contribution in [-0.4, -0.2) is 31.2 Å². The zero-order valence-electron chi connectivity index (χ0n) is 16.3. The Morgan fingerprint density at radius 1 is 0.741 bits per heavy atom. The van der Waals surface area contributed by atoms with E-state index >= 15 is 0 Å². The maximum absolute atomic E-state index is 6.13. The van der Waals surface area contributed by atoms with Crippen molar-refractivity contribution < 1.29 is 18.9 Å². The Morgan fingerprint density at radius 2 is 1.15 bits per heavy atom. The summed E-state index contributed by atoms with van der Waals surface area (Å²) in [4.78, 5) is 0. The maximum atomic E-state index is 6.13. The molecular weight excluding hydrogens is 340 g/mol. The number of benzene rings is 2. The molecule has 2 atom stereocenters. The van der Waals surface area contributed by atoms with E-state index in [1.54, 1.807) is 0 Å². The summed E-state index contributed by atoms with van der Waals surface area (Å²) in [5.41, 5.74) is 2.35. The Hall–Kier alpha value is -1.72. The summed E-state index contributed by atoms with van der Waals surface area (Å²) >= 11 is 0. The van der Waals surface area contributed by atoms with Gasteiger partial charge in [-0.1, -0.05) is 60.7 Å². The Morgan fingerprint density at radius 3 is 1.56 bits per heavy atom. The van der Waals surface area contributed by atoms with Gasteiger partial charge in [0, 0.05) is 0 Å². The van der Waals surface area contributed by atoms with Gasteiger partial charge in [-0.25, -0.2) is 0 Å². The van der Waals surface area contributed by atoms with Crippen LogP contribution in [-0.2, 0) is 32.2 Å². The van der Waals surface area contributed by atoms with Crippen molar-refractivity contribution >= 4 is 0 Å². The zero-order chi connectivity index (χ0) is 19.0. The molecule has 0 spiro atoms. The molecule has 3 rings (SSSR count). The van der Waals surface area contributed by atoms with Crippen LogP contribution in [0.5, 0.6) is 0 Å². The third-order valence-corrected chi connectivity index (χ3v) is 4.54. The lowest BCUT2D eigenvalue weighted by Crippen LogP contribution is -2.36. The van der Waals surface area contributed by atoms with E-state index in [1.165, 1.54) is 11.1 Å². The molecule has 0 radical (unpaired) electrons. The van der Waals surface area contributed by atoms with Gasteiger partial charge in [0.15, 0.2) is 5.79 Å². The fourth-order valence-electron chi connectivity index (χ4n) is 3.32. The van der Waals surface area contributed by atoms with Gasteiger partial charge in [0.1, 0.15) is 0 Å². The van der Waals surface area contributed by atoms with Crippen LogP contribution in [0.15, 0.2) is 60.7 Å². The summed E-state index contributed by atoms with van der Waals surface area (Å²) in [7, 11) is 0. The molecule has 0 N–H and O–H groups in total. The second kappa shape index (κ2) is 10.00. The normalized spacial score (nSPS) is 22.3. The molecule has 27 heavy (non-hydrogen) atoms. The average molecular weight is 370 g/mol. The number of hydrogen-bond acceptors (Lipinski definition) is 4. The van der Waals surface area contributed by atoms with E-state index < -0.39 is 5.79 Å². The van der Waals surface area contributed by atoms with Crippen LogP contribution in [0.4, 0.5) is 0 Å². The Balaban J connectivity index is 1.42. The van der Waals surface area contributed by atoms with Crippen LogP contribution < -0.4 is 0 Å². The summed E-state index contributed by atoms with van der Waals surface area (Å²) in [5, 5.41) is 0. The average Bonchev–Trinajstić information content (AvgIpc) is 2.81. The Bertz CT molecular complexity index is 599. The van der Waals surface area contributed by atoms with E-state index in [0.29, 0.717) is 26.4 Å². The maximum Gasteiger partial charge on any atom is 0.163 e. The van der Waals surface area contributed by atoms with E-state index in [-0.39, 0.29) is 12.2 Å². The first-order valence-corrected chi connectivity index (χ1v) is 9.70. The van der Waals surface area contributed by atoms with Gasteiger partial charge in [-0.15, -0.1) is 0 Å². The highest BCUT2D eigenvalue weighted by Gasteiger charge is 2.32. The van der Waals surface area contributed by atoms with E-state index in [0.717, 1.165) is 12.8 Å². The molecule has 0 amide bonds. The third kappa shape index (κ3) is 7.07. The largest absolute Gasteiger partial charge is 0.374 e. The minimum absolute atomic E-state index is 0.0304. The number of ether oxygens (including phenoxy) is 4. The fourth-order valence-corrected chi connectivity index (χ4v) is 3.32. The Kier molecular flexibility index (Phi) is 7.41. The fraction of sp³-hybridized carbons (Fsp3) is 0.478. The molecular formula is C23H30O4. The van der Waals surface area contributed by atoms with Crippen LogP contribution in [0.2, 0.25) is 0 Å². The van der Waals surface area contributed by atoms with Gasteiger partial charge in [-0.3, -0.25) is 0 Å². The molecule has 0 unspecified atom stereocenters. The summed E-state index contributed by atoms with van der Waals surface area (Å²) < 4.78 is 24.0. The second-order valence-corrected chi connectivity index (χ2v) is 7.46. The topological polar surface area (TPSA) is 36.9 Å². The van der Waals surface area contributed by atoms with Crippen LogP contribution in [0.25, 0.3) is 0 Å². The molecule has 1 aliphatic rings.